The number of rotatable bonds is 6. The van der Waals surface area contributed by atoms with E-state index < -0.39 is 0 Å². The van der Waals surface area contributed by atoms with E-state index in [4.69, 9.17) is 0 Å². The summed E-state index contributed by atoms with van der Waals surface area (Å²) in [6, 6.07) is 29.0. The molecule has 3 aromatic rings. The summed E-state index contributed by atoms with van der Waals surface area (Å²) in [5.41, 5.74) is 6.72. The first-order valence-electron chi connectivity index (χ1n) is 11.6. The molecule has 0 heterocycles. The highest BCUT2D eigenvalue weighted by Crippen LogP contribution is 2.43. The number of hydrogen-bond donors (Lipinski definition) is 0. The maximum atomic E-state index is 2.40. The minimum absolute atomic E-state index is 0.717. The lowest BCUT2D eigenvalue weighted by Crippen LogP contribution is -2.25. The van der Waals surface area contributed by atoms with Crippen LogP contribution in [0.2, 0.25) is 0 Å². The van der Waals surface area contributed by atoms with E-state index in [-0.39, 0.29) is 0 Å². The van der Waals surface area contributed by atoms with Crippen LogP contribution in [0.15, 0.2) is 78.9 Å². The summed E-state index contributed by atoms with van der Waals surface area (Å²) in [5.74, 6) is 2.50. The van der Waals surface area contributed by atoms with Crippen LogP contribution in [0.4, 0.5) is 0 Å². The zero-order valence-corrected chi connectivity index (χ0v) is 18.0. The maximum Gasteiger partial charge on any atom is -0.0134 e. The predicted octanol–water partition coefficient (Wildman–Crippen LogP) is 8.73. The Morgan fingerprint density at radius 2 is 1.17 bits per heavy atom. The largest absolute Gasteiger partial charge is 0.0651 e. The molecule has 0 aromatic heterocycles. The third-order valence-electron chi connectivity index (χ3n) is 7.11. The lowest BCUT2D eigenvalue weighted by molar-refractivity contribution is 0.191. The highest BCUT2D eigenvalue weighted by atomic mass is 14.4. The van der Waals surface area contributed by atoms with E-state index in [0.29, 0.717) is 0 Å². The van der Waals surface area contributed by atoms with E-state index in [2.05, 4.69) is 92.7 Å². The summed E-state index contributed by atoms with van der Waals surface area (Å²) < 4.78 is 0. The van der Waals surface area contributed by atoms with Crippen molar-refractivity contribution in [1.29, 1.82) is 0 Å². The highest BCUT2D eigenvalue weighted by Gasteiger charge is 2.30. The molecule has 150 valence electrons. The third kappa shape index (κ3) is 4.47. The van der Waals surface area contributed by atoms with Crippen LogP contribution in [0, 0.1) is 11.8 Å². The topological polar surface area (TPSA) is 0 Å². The normalized spacial score (nSPS) is 20.3. The van der Waals surface area contributed by atoms with Crippen molar-refractivity contribution in [2.24, 2.45) is 11.8 Å². The molecule has 0 nitrogen and oxygen atoms in total. The lowest BCUT2D eigenvalue weighted by Gasteiger charge is -2.37. The Morgan fingerprint density at radius 3 is 1.72 bits per heavy atom. The molecule has 3 atom stereocenters. The molecule has 0 radical (unpaired) electrons. The van der Waals surface area contributed by atoms with Crippen molar-refractivity contribution in [3.63, 3.8) is 0 Å². The van der Waals surface area contributed by atoms with E-state index in [1.807, 2.05) is 0 Å². The van der Waals surface area contributed by atoms with Crippen LogP contribution in [0.1, 0.15) is 63.9 Å². The molecular formula is C29H34. The predicted molar refractivity (Wildman–Crippen MR) is 126 cm³/mol. The quantitative estimate of drug-likeness (QED) is 0.400. The van der Waals surface area contributed by atoms with Crippen molar-refractivity contribution >= 4 is 0 Å². The van der Waals surface area contributed by atoms with Gasteiger partial charge in [-0.1, -0.05) is 118 Å². The van der Waals surface area contributed by atoms with Gasteiger partial charge in [0.15, 0.2) is 0 Å². The molecule has 0 saturated heterocycles. The van der Waals surface area contributed by atoms with Gasteiger partial charge in [0, 0.05) is 0 Å². The van der Waals surface area contributed by atoms with E-state index in [9.17, 15) is 0 Å². The van der Waals surface area contributed by atoms with Gasteiger partial charge in [0.05, 0.1) is 0 Å². The summed E-state index contributed by atoms with van der Waals surface area (Å²) in [5, 5.41) is 0. The fourth-order valence-corrected chi connectivity index (χ4v) is 5.47. The van der Waals surface area contributed by atoms with E-state index >= 15 is 0 Å². The van der Waals surface area contributed by atoms with Crippen LogP contribution >= 0.6 is 0 Å². The second kappa shape index (κ2) is 9.44. The van der Waals surface area contributed by atoms with Crippen LogP contribution < -0.4 is 0 Å². The summed E-state index contributed by atoms with van der Waals surface area (Å²) in [7, 11) is 0. The van der Waals surface area contributed by atoms with Gasteiger partial charge in [-0.05, 0) is 58.4 Å². The van der Waals surface area contributed by atoms with Crippen molar-refractivity contribution in [3.8, 4) is 22.3 Å². The molecule has 4 rings (SSSR count). The van der Waals surface area contributed by atoms with Crippen molar-refractivity contribution < 1.29 is 0 Å². The molecular weight excluding hydrogens is 348 g/mol. The molecule has 3 aromatic carbocycles. The van der Waals surface area contributed by atoms with E-state index in [0.717, 1.165) is 17.8 Å². The van der Waals surface area contributed by atoms with Gasteiger partial charge < -0.3 is 0 Å². The Labute approximate surface area is 177 Å². The van der Waals surface area contributed by atoms with Crippen LogP contribution in [0.25, 0.3) is 22.3 Å². The van der Waals surface area contributed by atoms with Crippen molar-refractivity contribution in [2.45, 2.75) is 58.3 Å². The Kier molecular flexibility index (Phi) is 6.49. The van der Waals surface area contributed by atoms with Gasteiger partial charge in [-0.2, -0.15) is 0 Å². The number of hydrogen-bond acceptors (Lipinski definition) is 0. The summed E-state index contributed by atoms with van der Waals surface area (Å²) >= 11 is 0. The van der Waals surface area contributed by atoms with Gasteiger partial charge in [0.25, 0.3) is 0 Å². The molecule has 3 unspecified atom stereocenters. The summed E-state index contributed by atoms with van der Waals surface area (Å²) in [4.78, 5) is 0. The average molecular weight is 383 g/mol. The van der Waals surface area contributed by atoms with Gasteiger partial charge in [-0.15, -0.1) is 0 Å². The minimum Gasteiger partial charge on any atom is -0.0651 e. The average Bonchev–Trinajstić information content (AvgIpc) is 2.81. The second-order valence-electron chi connectivity index (χ2n) is 8.70. The molecule has 1 fully saturated rings. The van der Waals surface area contributed by atoms with Crippen molar-refractivity contribution in [1.82, 2.24) is 0 Å². The molecule has 29 heavy (non-hydrogen) atoms. The summed E-state index contributed by atoms with van der Waals surface area (Å²) in [6.07, 6.45) is 8.30. The smallest absolute Gasteiger partial charge is 0.0134 e. The molecule has 0 aliphatic heterocycles. The first kappa shape index (κ1) is 20.0. The first-order chi connectivity index (χ1) is 14.3. The van der Waals surface area contributed by atoms with E-state index in [1.165, 1.54) is 60.8 Å². The maximum absolute atomic E-state index is 2.40. The monoisotopic (exact) mass is 382 g/mol. The summed E-state index contributed by atoms with van der Waals surface area (Å²) in [6.45, 7) is 4.76. The van der Waals surface area contributed by atoms with Crippen molar-refractivity contribution in [2.75, 3.05) is 0 Å². The molecule has 0 heteroatoms. The lowest BCUT2D eigenvalue weighted by atomic mass is 9.68. The van der Waals surface area contributed by atoms with Crippen LogP contribution in [-0.2, 0) is 0 Å². The Balaban J connectivity index is 1.52. The first-order valence-corrected chi connectivity index (χ1v) is 11.6. The zero-order chi connectivity index (χ0) is 20.1. The number of benzene rings is 3. The Bertz CT molecular complexity index is 874. The third-order valence-corrected chi connectivity index (χ3v) is 7.11. The minimum atomic E-state index is 0.717. The van der Waals surface area contributed by atoms with E-state index in [1.54, 1.807) is 5.56 Å². The molecule has 0 bridgehead atoms. The molecule has 0 amide bonds. The van der Waals surface area contributed by atoms with Crippen LogP contribution in [0.5, 0.6) is 0 Å². The fraction of sp³-hybridized carbons (Fsp3) is 0.379. The standard InChI is InChI=1S/C29H34/c1-3-22-10-8-9-13-29(22)28(4-2)27-20-18-26(19-21-27)25-16-14-24(15-17-25)23-11-6-5-7-12-23/h5-7,11-12,14-22,28-29H,3-4,8-10,13H2,1-2H3. The van der Waals surface area contributed by atoms with Gasteiger partial charge in [-0.3, -0.25) is 0 Å². The van der Waals surface area contributed by atoms with Gasteiger partial charge in [-0.25, -0.2) is 0 Å². The molecule has 0 N–H and O–H groups in total. The highest BCUT2D eigenvalue weighted by molar-refractivity contribution is 5.70. The van der Waals surface area contributed by atoms with Gasteiger partial charge >= 0.3 is 0 Å². The Hall–Kier alpha value is -2.34. The van der Waals surface area contributed by atoms with Crippen LogP contribution in [-0.4, -0.2) is 0 Å². The molecule has 0 spiro atoms. The fourth-order valence-electron chi connectivity index (χ4n) is 5.47. The molecule has 1 aliphatic rings. The Morgan fingerprint density at radius 1 is 0.655 bits per heavy atom. The molecule has 1 saturated carbocycles. The second-order valence-corrected chi connectivity index (χ2v) is 8.70. The SMILES string of the molecule is CCC1CCCCC1C(CC)c1ccc(-c2ccc(-c3ccccc3)cc2)cc1. The van der Waals surface area contributed by atoms with Crippen LogP contribution in [0.3, 0.4) is 0 Å². The van der Waals surface area contributed by atoms with Gasteiger partial charge in [0.1, 0.15) is 0 Å². The van der Waals surface area contributed by atoms with Gasteiger partial charge in [0.2, 0.25) is 0 Å². The van der Waals surface area contributed by atoms with Crippen molar-refractivity contribution in [3.05, 3.63) is 84.4 Å². The zero-order valence-electron chi connectivity index (χ0n) is 18.0. The molecule has 1 aliphatic carbocycles.